The molecule has 1 aromatic carbocycles. The molecule has 4 aromatic rings. The minimum Gasteiger partial charge on any atom is -0.477 e. The van der Waals surface area contributed by atoms with E-state index >= 15 is 0 Å². The van der Waals surface area contributed by atoms with E-state index in [1.807, 2.05) is 49.5 Å². The van der Waals surface area contributed by atoms with Crippen LogP contribution in [0.2, 0.25) is 0 Å². The van der Waals surface area contributed by atoms with E-state index in [9.17, 15) is 9.90 Å². The lowest BCUT2D eigenvalue weighted by Crippen LogP contribution is -2.08. The van der Waals surface area contributed by atoms with Crippen molar-refractivity contribution in [3.8, 4) is 22.6 Å². The fourth-order valence-corrected chi connectivity index (χ4v) is 2.68. The number of carboxylic acid groups (broad SMARTS) is 1. The number of hydrogen-bond donors (Lipinski definition) is 1. The van der Waals surface area contributed by atoms with Crippen LogP contribution in [-0.4, -0.2) is 35.5 Å². The summed E-state index contributed by atoms with van der Waals surface area (Å²) in [6.07, 6.45) is 1.84. The topological polar surface area (TPSA) is 85.3 Å². The van der Waals surface area contributed by atoms with E-state index in [0.717, 1.165) is 12.1 Å². The fourth-order valence-electron chi connectivity index (χ4n) is 2.68. The molecule has 0 atom stereocenters. The number of aromatic nitrogens is 5. The van der Waals surface area contributed by atoms with Crippen LogP contribution in [0, 0.1) is 0 Å². The summed E-state index contributed by atoms with van der Waals surface area (Å²) in [6.45, 7) is 2.72. The molecule has 0 unspecified atom stereocenters. The van der Waals surface area contributed by atoms with Crippen LogP contribution in [-0.2, 0) is 6.54 Å². The molecule has 0 saturated heterocycles. The molecule has 0 aliphatic carbocycles. The Balaban J connectivity index is 1.91. The van der Waals surface area contributed by atoms with Gasteiger partial charge in [0.25, 0.3) is 0 Å². The number of hydrogen-bond acceptors (Lipinski definition) is 4. The lowest BCUT2D eigenvalue weighted by atomic mass is 10.2. The highest BCUT2D eigenvalue weighted by Crippen LogP contribution is 2.23. The maximum Gasteiger partial charge on any atom is 0.354 e. The summed E-state index contributed by atoms with van der Waals surface area (Å²) in [4.78, 5) is 16.2. The summed E-state index contributed by atoms with van der Waals surface area (Å²) in [5, 5.41) is 18.4. The van der Waals surface area contributed by atoms with E-state index in [1.54, 1.807) is 10.7 Å². The Morgan fingerprint density at radius 3 is 2.52 bits per heavy atom. The molecular formula is C18H15N5O2. The summed E-state index contributed by atoms with van der Waals surface area (Å²) in [6, 6.07) is 14.7. The Morgan fingerprint density at radius 2 is 1.84 bits per heavy atom. The van der Waals surface area contributed by atoms with Gasteiger partial charge in [0.1, 0.15) is 5.69 Å². The first-order valence-corrected chi connectivity index (χ1v) is 7.89. The Bertz CT molecular complexity index is 1070. The van der Waals surface area contributed by atoms with Crippen LogP contribution in [0.4, 0.5) is 0 Å². The van der Waals surface area contributed by atoms with Crippen LogP contribution >= 0.6 is 0 Å². The largest absolute Gasteiger partial charge is 0.477 e. The molecule has 3 aromatic heterocycles. The summed E-state index contributed by atoms with van der Waals surface area (Å²) < 4.78 is 3.12. The molecule has 124 valence electrons. The molecule has 25 heavy (non-hydrogen) atoms. The van der Waals surface area contributed by atoms with Gasteiger partial charge >= 0.3 is 5.97 Å². The number of aryl methyl sites for hydroxylation is 1. The zero-order valence-electron chi connectivity index (χ0n) is 13.5. The van der Waals surface area contributed by atoms with Gasteiger partial charge in [0.15, 0.2) is 11.3 Å². The Labute approximate surface area is 143 Å². The highest BCUT2D eigenvalue weighted by atomic mass is 16.4. The minimum absolute atomic E-state index is 0.0493. The number of nitrogens with zero attached hydrogens (tertiary/aromatic N) is 5. The Kier molecular flexibility index (Phi) is 3.53. The number of benzene rings is 1. The lowest BCUT2D eigenvalue weighted by molar-refractivity contribution is 0.0687. The third-order valence-electron chi connectivity index (χ3n) is 3.94. The van der Waals surface area contributed by atoms with Crippen molar-refractivity contribution in [3.05, 3.63) is 60.4 Å². The van der Waals surface area contributed by atoms with Crippen molar-refractivity contribution in [3.63, 3.8) is 0 Å². The molecule has 0 amide bonds. The van der Waals surface area contributed by atoms with Gasteiger partial charge in [0.05, 0.1) is 11.4 Å². The van der Waals surface area contributed by atoms with E-state index in [0.29, 0.717) is 22.7 Å². The van der Waals surface area contributed by atoms with E-state index in [1.165, 1.54) is 10.6 Å². The third-order valence-corrected chi connectivity index (χ3v) is 3.94. The predicted octanol–water partition coefficient (Wildman–Crippen LogP) is 2.98. The van der Waals surface area contributed by atoms with Gasteiger partial charge in [0.2, 0.25) is 0 Å². The highest BCUT2D eigenvalue weighted by Gasteiger charge is 2.17. The molecule has 0 aliphatic rings. The number of aromatic carboxylic acids is 1. The molecular weight excluding hydrogens is 318 g/mol. The Hall–Kier alpha value is -3.48. The van der Waals surface area contributed by atoms with E-state index in [4.69, 9.17) is 0 Å². The summed E-state index contributed by atoms with van der Waals surface area (Å²) >= 11 is 0. The molecule has 0 aliphatic heterocycles. The number of fused-ring (bicyclic) bond motifs is 1. The minimum atomic E-state index is -1.06. The summed E-state index contributed by atoms with van der Waals surface area (Å²) in [7, 11) is 0. The maximum absolute atomic E-state index is 11.7. The monoisotopic (exact) mass is 333 g/mol. The lowest BCUT2D eigenvalue weighted by Gasteiger charge is -2.03. The van der Waals surface area contributed by atoms with Gasteiger partial charge in [-0.3, -0.25) is 4.68 Å². The normalized spacial score (nSPS) is 11.1. The quantitative estimate of drug-likeness (QED) is 0.620. The molecule has 0 fully saturated rings. The van der Waals surface area contributed by atoms with Gasteiger partial charge < -0.3 is 5.11 Å². The maximum atomic E-state index is 11.7. The van der Waals surface area contributed by atoms with Crippen LogP contribution in [0.1, 0.15) is 17.4 Å². The molecule has 0 spiro atoms. The Morgan fingerprint density at radius 1 is 1.04 bits per heavy atom. The second kappa shape index (κ2) is 5.86. The standard InChI is InChI=1S/C18H15N5O2/c1-2-22-9-8-13(20-22)15-10-16(18(24)25)23-17(19-15)11-14(21-23)12-6-4-3-5-7-12/h3-11H,2H2,1H3,(H,24,25). The van der Waals surface area contributed by atoms with Gasteiger partial charge in [-0.15, -0.1) is 0 Å². The number of rotatable bonds is 4. The third kappa shape index (κ3) is 2.65. The number of carboxylic acids is 1. The van der Waals surface area contributed by atoms with Crippen molar-refractivity contribution in [2.75, 3.05) is 0 Å². The molecule has 7 heteroatoms. The van der Waals surface area contributed by atoms with Crippen molar-refractivity contribution < 1.29 is 9.90 Å². The van der Waals surface area contributed by atoms with Crippen molar-refractivity contribution in [2.45, 2.75) is 13.5 Å². The van der Waals surface area contributed by atoms with Gasteiger partial charge in [-0.05, 0) is 19.1 Å². The van der Waals surface area contributed by atoms with Gasteiger partial charge in [0, 0.05) is 24.4 Å². The van der Waals surface area contributed by atoms with Crippen LogP contribution in [0.25, 0.3) is 28.3 Å². The first-order chi connectivity index (χ1) is 12.2. The number of carbonyl (C=O) groups is 1. The van der Waals surface area contributed by atoms with Crippen LogP contribution in [0.15, 0.2) is 54.7 Å². The van der Waals surface area contributed by atoms with Crippen LogP contribution in [0.3, 0.4) is 0 Å². The van der Waals surface area contributed by atoms with E-state index in [-0.39, 0.29) is 5.69 Å². The van der Waals surface area contributed by atoms with Crippen LogP contribution < -0.4 is 0 Å². The second-order valence-corrected chi connectivity index (χ2v) is 5.55. The fraction of sp³-hybridized carbons (Fsp3) is 0.111. The molecule has 0 saturated carbocycles. The predicted molar refractivity (Wildman–Crippen MR) is 92.3 cm³/mol. The zero-order valence-corrected chi connectivity index (χ0v) is 13.5. The summed E-state index contributed by atoms with van der Waals surface area (Å²) in [5.74, 6) is -1.06. The smallest absolute Gasteiger partial charge is 0.354 e. The second-order valence-electron chi connectivity index (χ2n) is 5.55. The first-order valence-electron chi connectivity index (χ1n) is 7.89. The first kappa shape index (κ1) is 15.1. The highest BCUT2D eigenvalue weighted by molar-refractivity contribution is 5.88. The van der Waals surface area contributed by atoms with Gasteiger partial charge in [-0.25, -0.2) is 14.3 Å². The summed E-state index contributed by atoms with van der Waals surface area (Å²) in [5.41, 5.74) is 3.24. The van der Waals surface area contributed by atoms with Crippen LogP contribution in [0.5, 0.6) is 0 Å². The average molecular weight is 333 g/mol. The van der Waals surface area contributed by atoms with Crippen molar-refractivity contribution in [1.29, 1.82) is 0 Å². The van der Waals surface area contributed by atoms with Crippen molar-refractivity contribution in [1.82, 2.24) is 24.4 Å². The molecule has 3 heterocycles. The molecule has 0 radical (unpaired) electrons. The molecule has 1 N–H and O–H groups in total. The van der Waals surface area contributed by atoms with Crippen molar-refractivity contribution >= 4 is 11.6 Å². The van der Waals surface area contributed by atoms with Gasteiger partial charge in [-0.2, -0.15) is 10.2 Å². The molecule has 0 bridgehead atoms. The zero-order chi connectivity index (χ0) is 17.4. The molecule has 4 rings (SSSR count). The average Bonchev–Trinajstić information content (AvgIpc) is 3.28. The van der Waals surface area contributed by atoms with E-state index in [2.05, 4.69) is 15.2 Å². The van der Waals surface area contributed by atoms with E-state index < -0.39 is 5.97 Å². The van der Waals surface area contributed by atoms with Crippen molar-refractivity contribution in [2.24, 2.45) is 0 Å². The van der Waals surface area contributed by atoms with Gasteiger partial charge in [-0.1, -0.05) is 30.3 Å². The molecule has 7 nitrogen and oxygen atoms in total. The SMILES string of the molecule is CCn1ccc(-c2cc(C(=O)O)n3nc(-c4ccccc4)cc3n2)n1.